The minimum absolute atomic E-state index is 0.122. The summed E-state index contributed by atoms with van der Waals surface area (Å²) in [4.78, 5) is 31.2. The average molecular weight is 337 g/mol. The molecule has 0 saturated heterocycles. The molecule has 1 aliphatic rings. The Bertz CT molecular complexity index is 774. The van der Waals surface area contributed by atoms with Crippen LogP contribution in [-0.2, 0) is 9.59 Å². The molecular formula is C20H23N3O2. The molecule has 1 N–H and O–H groups in total. The molecule has 130 valence electrons. The smallest absolute Gasteiger partial charge is 0.316 e. The molecule has 0 spiro atoms. The predicted molar refractivity (Wildman–Crippen MR) is 97.2 cm³/mol. The minimum Gasteiger partial charge on any atom is -0.339 e. The number of anilines is 1. The standard InChI is InChI=1S/C20H23N3O2/c1-13(2)18(16-9-6-7-11-21-16)22-19(24)20(25)23-12-14(3)15-8-4-5-10-17(15)23/h4-11,13-14,18H,12H2,1-3H3,(H,22,24). The number of fused-ring (bicyclic) bond motifs is 1. The maximum Gasteiger partial charge on any atom is 0.316 e. The van der Waals surface area contributed by atoms with E-state index >= 15 is 0 Å². The number of rotatable bonds is 3. The zero-order valence-electron chi connectivity index (χ0n) is 14.8. The molecule has 2 aromatic rings. The monoisotopic (exact) mass is 337 g/mol. The summed E-state index contributed by atoms with van der Waals surface area (Å²) in [7, 11) is 0. The molecule has 5 nitrogen and oxygen atoms in total. The van der Waals surface area contributed by atoms with Crippen molar-refractivity contribution in [2.24, 2.45) is 5.92 Å². The van der Waals surface area contributed by atoms with Gasteiger partial charge in [-0.05, 0) is 29.7 Å². The summed E-state index contributed by atoms with van der Waals surface area (Å²) in [6.45, 7) is 6.59. The van der Waals surface area contributed by atoms with Crippen LogP contribution in [0, 0.1) is 5.92 Å². The van der Waals surface area contributed by atoms with Crippen molar-refractivity contribution in [3.05, 3.63) is 59.9 Å². The van der Waals surface area contributed by atoms with E-state index < -0.39 is 11.8 Å². The first-order valence-corrected chi connectivity index (χ1v) is 8.61. The van der Waals surface area contributed by atoms with Crippen LogP contribution >= 0.6 is 0 Å². The zero-order chi connectivity index (χ0) is 18.0. The molecule has 1 aliphatic heterocycles. The highest BCUT2D eigenvalue weighted by Crippen LogP contribution is 2.35. The van der Waals surface area contributed by atoms with Crippen LogP contribution in [-0.4, -0.2) is 23.3 Å². The van der Waals surface area contributed by atoms with Gasteiger partial charge in [0.25, 0.3) is 0 Å². The molecule has 1 aromatic carbocycles. The third kappa shape index (κ3) is 3.40. The van der Waals surface area contributed by atoms with Gasteiger partial charge >= 0.3 is 11.8 Å². The molecule has 0 fully saturated rings. The van der Waals surface area contributed by atoms with E-state index in [0.717, 1.165) is 16.9 Å². The Kier molecular flexibility index (Phi) is 4.83. The fourth-order valence-electron chi connectivity index (χ4n) is 3.28. The van der Waals surface area contributed by atoms with Crippen molar-refractivity contribution in [1.29, 1.82) is 0 Å². The largest absolute Gasteiger partial charge is 0.339 e. The fourth-order valence-corrected chi connectivity index (χ4v) is 3.28. The van der Waals surface area contributed by atoms with E-state index in [4.69, 9.17) is 0 Å². The van der Waals surface area contributed by atoms with Gasteiger partial charge < -0.3 is 10.2 Å². The SMILES string of the molecule is CC1CN(C(=O)C(=O)NC(c2ccccn2)C(C)C)c2ccccc21. The molecule has 2 amide bonds. The third-order valence-electron chi connectivity index (χ3n) is 4.61. The summed E-state index contributed by atoms with van der Waals surface area (Å²) in [5.74, 6) is -0.757. The van der Waals surface area contributed by atoms with Crippen molar-refractivity contribution in [3.63, 3.8) is 0 Å². The summed E-state index contributed by atoms with van der Waals surface area (Å²) < 4.78 is 0. The molecule has 0 saturated carbocycles. The highest BCUT2D eigenvalue weighted by molar-refractivity contribution is 6.40. The van der Waals surface area contributed by atoms with Crippen LogP contribution in [0.4, 0.5) is 5.69 Å². The maximum absolute atomic E-state index is 12.7. The van der Waals surface area contributed by atoms with Gasteiger partial charge in [0.05, 0.1) is 11.7 Å². The van der Waals surface area contributed by atoms with Gasteiger partial charge in [-0.3, -0.25) is 14.6 Å². The zero-order valence-corrected chi connectivity index (χ0v) is 14.8. The van der Waals surface area contributed by atoms with E-state index in [9.17, 15) is 9.59 Å². The number of nitrogens with zero attached hydrogens (tertiary/aromatic N) is 2. The quantitative estimate of drug-likeness (QED) is 0.876. The van der Waals surface area contributed by atoms with Crippen LogP contribution < -0.4 is 10.2 Å². The maximum atomic E-state index is 12.7. The molecule has 1 aromatic heterocycles. The highest BCUT2D eigenvalue weighted by atomic mass is 16.2. The first-order chi connectivity index (χ1) is 12.0. The summed E-state index contributed by atoms with van der Waals surface area (Å²) in [6.07, 6.45) is 1.69. The molecule has 5 heteroatoms. The number of hydrogen-bond donors (Lipinski definition) is 1. The second-order valence-corrected chi connectivity index (χ2v) is 6.83. The lowest BCUT2D eigenvalue weighted by atomic mass is 10.0. The van der Waals surface area contributed by atoms with Crippen LogP contribution in [0.3, 0.4) is 0 Å². The molecular weight excluding hydrogens is 314 g/mol. The van der Waals surface area contributed by atoms with E-state index in [2.05, 4.69) is 17.2 Å². The molecule has 0 radical (unpaired) electrons. The van der Waals surface area contributed by atoms with E-state index in [-0.39, 0.29) is 17.9 Å². The van der Waals surface area contributed by atoms with Gasteiger partial charge in [-0.25, -0.2) is 0 Å². The van der Waals surface area contributed by atoms with Crippen molar-refractivity contribution < 1.29 is 9.59 Å². The first-order valence-electron chi connectivity index (χ1n) is 8.61. The normalized spacial score (nSPS) is 17.3. The lowest BCUT2D eigenvalue weighted by molar-refractivity contribution is -0.138. The van der Waals surface area contributed by atoms with Crippen LogP contribution in [0.15, 0.2) is 48.7 Å². The fraction of sp³-hybridized carbons (Fsp3) is 0.350. The second-order valence-electron chi connectivity index (χ2n) is 6.83. The first kappa shape index (κ1) is 17.1. The van der Waals surface area contributed by atoms with Crippen LogP contribution in [0.5, 0.6) is 0 Å². The Morgan fingerprint density at radius 3 is 2.56 bits per heavy atom. The van der Waals surface area contributed by atoms with Gasteiger partial charge in [0.2, 0.25) is 0 Å². The van der Waals surface area contributed by atoms with Crippen LogP contribution in [0.25, 0.3) is 0 Å². The molecule has 2 atom stereocenters. The molecule has 2 unspecified atom stereocenters. The molecule has 0 bridgehead atoms. The lowest BCUT2D eigenvalue weighted by Gasteiger charge is -2.23. The molecule has 3 rings (SSSR count). The van der Waals surface area contributed by atoms with Gasteiger partial charge in [-0.15, -0.1) is 0 Å². The van der Waals surface area contributed by atoms with Crippen molar-refractivity contribution in [2.45, 2.75) is 32.7 Å². The Hall–Kier alpha value is -2.69. The molecule has 2 heterocycles. The number of aromatic nitrogens is 1. The predicted octanol–water partition coefficient (Wildman–Crippen LogP) is 3.05. The minimum atomic E-state index is -0.590. The summed E-state index contributed by atoms with van der Waals surface area (Å²) in [6, 6.07) is 13.0. The number of para-hydroxylation sites is 1. The topological polar surface area (TPSA) is 62.3 Å². The molecule has 0 aliphatic carbocycles. The van der Waals surface area contributed by atoms with Gasteiger partial charge in [0.15, 0.2) is 0 Å². The van der Waals surface area contributed by atoms with E-state index in [1.807, 2.05) is 56.3 Å². The Balaban J connectivity index is 1.78. The Morgan fingerprint density at radius 2 is 1.88 bits per heavy atom. The van der Waals surface area contributed by atoms with Crippen molar-refractivity contribution >= 4 is 17.5 Å². The van der Waals surface area contributed by atoms with Gasteiger partial charge in [-0.1, -0.05) is 45.0 Å². The van der Waals surface area contributed by atoms with Gasteiger partial charge in [-0.2, -0.15) is 0 Å². The molecule has 25 heavy (non-hydrogen) atoms. The highest BCUT2D eigenvalue weighted by Gasteiger charge is 2.34. The van der Waals surface area contributed by atoms with E-state index in [1.165, 1.54) is 0 Å². The van der Waals surface area contributed by atoms with Crippen LogP contribution in [0.2, 0.25) is 0 Å². The number of amides is 2. The third-order valence-corrected chi connectivity index (χ3v) is 4.61. The number of carbonyl (C=O) groups is 2. The Labute approximate surface area is 148 Å². The van der Waals surface area contributed by atoms with Crippen molar-refractivity contribution in [1.82, 2.24) is 10.3 Å². The second kappa shape index (κ2) is 7.05. The number of benzene rings is 1. The Morgan fingerprint density at radius 1 is 1.16 bits per heavy atom. The van der Waals surface area contributed by atoms with E-state index in [0.29, 0.717) is 6.54 Å². The van der Waals surface area contributed by atoms with Crippen molar-refractivity contribution in [3.8, 4) is 0 Å². The van der Waals surface area contributed by atoms with E-state index in [1.54, 1.807) is 11.1 Å². The average Bonchev–Trinajstić information content (AvgIpc) is 2.96. The summed E-state index contributed by atoms with van der Waals surface area (Å²) in [5, 5.41) is 2.86. The van der Waals surface area contributed by atoms with Crippen LogP contribution in [0.1, 0.15) is 44.0 Å². The summed E-state index contributed by atoms with van der Waals surface area (Å²) >= 11 is 0. The van der Waals surface area contributed by atoms with Gasteiger partial charge in [0, 0.05) is 24.3 Å². The summed E-state index contributed by atoms with van der Waals surface area (Å²) in [5.41, 5.74) is 2.69. The van der Waals surface area contributed by atoms with Crippen molar-refractivity contribution in [2.75, 3.05) is 11.4 Å². The number of carbonyl (C=O) groups excluding carboxylic acids is 2. The number of pyridine rings is 1. The lowest BCUT2D eigenvalue weighted by Crippen LogP contribution is -2.45. The number of nitrogens with one attached hydrogen (secondary N) is 1. The number of hydrogen-bond acceptors (Lipinski definition) is 3. The van der Waals surface area contributed by atoms with Gasteiger partial charge in [0.1, 0.15) is 0 Å².